The molecule has 4 fully saturated rings. The Morgan fingerprint density at radius 3 is 2.28 bits per heavy atom. The Balaban J connectivity index is 0.000000360. The molecule has 3 N–H and O–H groups in total. The predicted molar refractivity (Wildman–Crippen MR) is 109 cm³/mol. The first-order valence-corrected chi connectivity index (χ1v) is 10.4. The van der Waals surface area contributed by atoms with Gasteiger partial charge in [0.15, 0.2) is 0 Å². The van der Waals surface area contributed by atoms with E-state index in [0.29, 0.717) is 18.3 Å². The quantitative estimate of drug-likeness (QED) is 0.595. The monoisotopic (exact) mass is 457 g/mol. The summed E-state index contributed by atoms with van der Waals surface area (Å²) in [7, 11) is -0.540. The number of hydrogen-bond acceptors (Lipinski definition) is 4. The Labute approximate surface area is 184 Å². The minimum absolute atomic E-state index is 0.0585. The second kappa shape index (κ2) is 8.59. The molecule has 0 aromatic heterocycles. The summed E-state index contributed by atoms with van der Waals surface area (Å²) >= 11 is 0. The third kappa shape index (κ3) is 4.73. The van der Waals surface area contributed by atoms with E-state index >= 15 is 0 Å². The van der Waals surface area contributed by atoms with Crippen LogP contribution in [-0.2, 0) is 20.5 Å². The van der Waals surface area contributed by atoms with Crippen LogP contribution in [0.1, 0.15) is 39.2 Å². The molecule has 1 unspecified atom stereocenters. The van der Waals surface area contributed by atoms with E-state index in [2.05, 4.69) is 26.1 Å². The van der Waals surface area contributed by atoms with Crippen molar-refractivity contribution in [1.82, 2.24) is 5.32 Å². The highest BCUT2D eigenvalue weighted by molar-refractivity contribution is 6.47. The number of carboxylic acid groups (broad SMARTS) is 2. The van der Waals surface area contributed by atoms with Gasteiger partial charge in [-0.15, -0.1) is 0 Å². The first-order valence-electron chi connectivity index (χ1n) is 10.4. The summed E-state index contributed by atoms with van der Waals surface area (Å²) < 4.78 is 44.4. The molecule has 32 heavy (non-hydrogen) atoms. The fraction of sp³-hybridized carbons (Fsp3) is 0.619. The van der Waals surface area contributed by atoms with Gasteiger partial charge in [0.2, 0.25) is 0 Å². The molecule has 1 aromatic carbocycles. The van der Waals surface area contributed by atoms with Gasteiger partial charge >= 0.3 is 25.4 Å². The molecule has 0 spiro atoms. The number of hydrogen-bond donors (Lipinski definition) is 3. The minimum Gasteiger partial charge on any atom is -0.475 e. The molecule has 5 atom stereocenters. The molecular weight excluding hydrogens is 430 g/mol. The van der Waals surface area contributed by atoms with Crippen molar-refractivity contribution in [3.8, 4) is 0 Å². The van der Waals surface area contributed by atoms with Crippen molar-refractivity contribution < 1.29 is 42.3 Å². The summed E-state index contributed by atoms with van der Waals surface area (Å²) in [6, 6.07) is 9.88. The van der Waals surface area contributed by atoms with Gasteiger partial charge in [-0.25, -0.2) is 9.59 Å². The Kier molecular flexibility index (Phi) is 6.54. The fourth-order valence-corrected chi connectivity index (χ4v) is 5.31. The molecule has 2 bridgehead atoms. The highest BCUT2D eigenvalue weighted by Gasteiger charge is 2.68. The van der Waals surface area contributed by atoms with Gasteiger partial charge in [-0.2, -0.15) is 13.2 Å². The van der Waals surface area contributed by atoms with Crippen molar-refractivity contribution in [2.45, 2.75) is 63.9 Å². The lowest BCUT2D eigenvalue weighted by Gasteiger charge is -2.64. The number of nitrogens with one attached hydrogen (secondary N) is 1. The zero-order valence-corrected chi connectivity index (χ0v) is 18.1. The molecule has 1 aromatic rings. The molecule has 5 rings (SSSR count). The van der Waals surface area contributed by atoms with Crippen LogP contribution in [0, 0.1) is 17.3 Å². The Morgan fingerprint density at radius 1 is 1.19 bits per heavy atom. The van der Waals surface area contributed by atoms with E-state index in [1.54, 1.807) is 0 Å². The van der Waals surface area contributed by atoms with Crippen LogP contribution in [0.3, 0.4) is 0 Å². The number of aliphatic carboxylic acids is 1. The third-order valence-electron chi connectivity index (χ3n) is 7.15. The standard InChI is InChI=1S/C19H26BNO4.C2HF3O2/c1-18(2)13-10-14(18)19(3)15(11-13)24-20(25-19)16(21-17(22)23)9-12-7-5-4-6-8-12;3-2(4,5)1(6)7/h4-8,13-16,21H,9-11H2,1-3H3,(H,22,23);(H,6,7)/t13-,14-,15+,16?,19-;/m0./s1. The fourth-order valence-electron chi connectivity index (χ4n) is 5.31. The lowest BCUT2D eigenvalue weighted by atomic mass is 9.43. The van der Waals surface area contributed by atoms with Crippen molar-refractivity contribution >= 4 is 19.2 Å². The molecule has 7 nitrogen and oxygen atoms in total. The summed E-state index contributed by atoms with van der Waals surface area (Å²) in [5, 5.41) is 19.0. The number of carboxylic acids is 1. The predicted octanol–water partition coefficient (Wildman–Crippen LogP) is 3.77. The van der Waals surface area contributed by atoms with E-state index in [4.69, 9.17) is 19.2 Å². The van der Waals surface area contributed by atoms with Crippen molar-refractivity contribution in [3.63, 3.8) is 0 Å². The van der Waals surface area contributed by atoms with Crippen LogP contribution < -0.4 is 5.32 Å². The van der Waals surface area contributed by atoms with Crippen LogP contribution in [0.4, 0.5) is 18.0 Å². The van der Waals surface area contributed by atoms with Crippen molar-refractivity contribution in [1.29, 1.82) is 0 Å². The molecule has 4 aliphatic rings. The van der Waals surface area contributed by atoms with Gasteiger partial charge in [0.1, 0.15) is 0 Å². The smallest absolute Gasteiger partial charge is 0.475 e. The van der Waals surface area contributed by atoms with Gasteiger partial charge in [-0.3, -0.25) is 0 Å². The molecule has 1 aliphatic heterocycles. The highest BCUT2D eigenvalue weighted by atomic mass is 19.4. The zero-order valence-electron chi connectivity index (χ0n) is 18.1. The maximum atomic E-state index is 11.3. The Bertz CT molecular complexity index is 852. The van der Waals surface area contributed by atoms with Gasteiger partial charge in [0.25, 0.3) is 0 Å². The number of halogens is 3. The van der Waals surface area contributed by atoms with Gasteiger partial charge in [-0.1, -0.05) is 44.2 Å². The minimum atomic E-state index is -5.08. The van der Waals surface area contributed by atoms with Crippen LogP contribution in [0.15, 0.2) is 30.3 Å². The van der Waals surface area contributed by atoms with Crippen LogP contribution in [0.5, 0.6) is 0 Å². The van der Waals surface area contributed by atoms with E-state index in [0.717, 1.165) is 12.0 Å². The van der Waals surface area contributed by atoms with E-state index in [1.165, 1.54) is 6.42 Å². The van der Waals surface area contributed by atoms with E-state index in [1.807, 2.05) is 30.3 Å². The van der Waals surface area contributed by atoms with Gasteiger partial charge in [0.05, 0.1) is 17.6 Å². The summed E-state index contributed by atoms with van der Waals surface area (Å²) in [5.74, 6) is -2.02. The van der Waals surface area contributed by atoms with Crippen molar-refractivity contribution in [2.24, 2.45) is 17.3 Å². The number of alkyl halides is 3. The maximum absolute atomic E-state index is 11.3. The molecule has 1 saturated heterocycles. The van der Waals surface area contributed by atoms with Gasteiger partial charge in [0, 0.05) is 0 Å². The molecule has 0 radical (unpaired) electrons. The number of carbonyl (C=O) groups is 2. The second-order valence-electron chi connectivity index (χ2n) is 9.39. The summed E-state index contributed by atoms with van der Waals surface area (Å²) in [6.07, 6.45) is -3.33. The Hall–Kier alpha value is -2.27. The van der Waals surface area contributed by atoms with Gasteiger partial charge in [-0.05, 0) is 49.0 Å². The van der Waals surface area contributed by atoms with E-state index in [9.17, 15) is 23.1 Å². The summed E-state index contributed by atoms with van der Waals surface area (Å²) in [5.41, 5.74) is 1.02. The topological polar surface area (TPSA) is 105 Å². The lowest BCUT2D eigenvalue weighted by molar-refractivity contribution is -0.199. The van der Waals surface area contributed by atoms with Gasteiger partial charge < -0.3 is 24.8 Å². The first kappa shape index (κ1) is 24.4. The van der Waals surface area contributed by atoms with Crippen LogP contribution in [0.2, 0.25) is 0 Å². The molecule has 3 aliphatic carbocycles. The lowest BCUT2D eigenvalue weighted by Crippen LogP contribution is -2.65. The Morgan fingerprint density at radius 2 is 1.78 bits per heavy atom. The third-order valence-corrected chi connectivity index (χ3v) is 7.15. The molecule has 3 saturated carbocycles. The highest BCUT2D eigenvalue weighted by Crippen LogP contribution is 2.65. The van der Waals surface area contributed by atoms with Crippen LogP contribution >= 0.6 is 0 Å². The SMILES string of the molecule is CC1(C)[C@@H]2C[C@H]3OB(C(Cc4ccccc4)NC(=O)O)O[C@@]3(C)[C@H]1C2.O=C(O)C(F)(F)F. The average Bonchev–Trinajstić information content (AvgIpc) is 3.04. The van der Waals surface area contributed by atoms with Crippen LogP contribution in [0.25, 0.3) is 0 Å². The molecule has 1 amide bonds. The van der Waals surface area contributed by atoms with E-state index in [-0.39, 0.29) is 17.1 Å². The summed E-state index contributed by atoms with van der Waals surface area (Å²) in [6.45, 7) is 6.79. The second-order valence-corrected chi connectivity index (χ2v) is 9.39. The number of amides is 1. The molecule has 11 heteroatoms. The molecule has 176 valence electrons. The summed E-state index contributed by atoms with van der Waals surface area (Å²) in [4.78, 5) is 20.2. The zero-order chi connectivity index (χ0) is 23.9. The maximum Gasteiger partial charge on any atom is 0.490 e. The molecular formula is C21H27BF3NO6. The molecule has 1 heterocycles. The largest absolute Gasteiger partial charge is 0.490 e. The van der Waals surface area contributed by atoms with E-state index < -0.39 is 31.3 Å². The normalized spacial score (nSPS) is 30.8. The number of rotatable bonds is 4. The van der Waals surface area contributed by atoms with Crippen molar-refractivity contribution in [3.05, 3.63) is 35.9 Å². The van der Waals surface area contributed by atoms with Crippen molar-refractivity contribution in [2.75, 3.05) is 0 Å². The average molecular weight is 457 g/mol. The van der Waals surface area contributed by atoms with Crippen LogP contribution in [-0.4, -0.2) is 53.2 Å². The first-order chi connectivity index (χ1) is 14.7. The number of benzene rings is 1.